The second-order valence-electron chi connectivity index (χ2n) is 4.23. The highest BCUT2D eigenvalue weighted by molar-refractivity contribution is 5.85. The predicted molar refractivity (Wildman–Crippen MR) is 72.2 cm³/mol. The summed E-state index contributed by atoms with van der Waals surface area (Å²) in [6, 6.07) is 1.65. The van der Waals surface area contributed by atoms with Gasteiger partial charge in [-0.2, -0.15) is 0 Å². The molecule has 2 atom stereocenters. The van der Waals surface area contributed by atoms with Gasteiger partial charge in [-0.1, -0.05) is 26.7 Å². The fourth-order valence-corrected chi connectivity index (χ4v) is 2.19. The van der Waals surface area contributed by atoms with E-state index in [2.05, 4.69) is 19.2 Å². The fraction of sp³-hybridized carbons (Fsp3) is 1.00. The van der Waals surface area contributed by atoms with Crippen LogP contribution < -0.4 is 11.1 Å². The van der Waals surface area contributed by atoms with Crippen molar-refractivity contribution in [3.05, 3.63) is 0 Å². The quantitative estimate of drug-likeness (QED) is 0.812. The average molecular weight is 257 g/mol. The summed E-state index contributed by atoms with van der Waals surface area (Å²) >= 11 is 0. The van der Waals surface area contributed by atoms with E-state index in [1.54, 1.807) is 0 Å². The van der Waals surface area contributed by atoms with E-state index in [1.165, 1.54) is 38.5 Å². The lowest BCUT2D eigenvalue weighted by molar-refractivity contribution is 0.292. The highest BCUT2D eigenvalue weighted by Gasteiger charge is 2.22. The van der Waals surface area contributed by atoms with Gasteiger partial charge in [0.1, 0.15) is 0 Å². The molecule has 0 aromatic carbocycles. The summed E-state index contributed by atoms with van der Waals surface area (Å²) in [7, 11) is 0. The Morgan fingerprint density at radius 3 is 2.13 bits per heavy atom. The molecular weight excluding hydrogens is 231 g/mol. The number of hydrogen-bond donors (Lipinski definition) is 2. The molecule has 0 spiro atoms. The summed E-state index contributed by atoms with van der Waals surface area (Å²) in [4.78, 5) is 0. The molecule has 3 N–H and O–H groups in total. The summed E-state index contributed by atoms with van der Waals surface area (Å²) < 4.78 is 0. The van der Waals surface area contributed by atoms with Gasteiger partial charge >= 0.3 is 0 Å². The van der Waals surface area contributed by atoms with Gasteiger partial charge in [0.25, 0.3) is 0 Å². The Hall–Kier alpha value is 0.500. The van der Waals surface area contributed by atoms with Crippen molar-refractivity contribution >= 4 is 24.8 Å². The van der Waals surface area contributed by atoms with Crippen molar-refractivity contribution in [1.82, 2.24) is 5.32 Å². The first-order valence-corrected chi connectivity index (χ1v) is 5.79. The lowest BCUT2D eigenvalue weighted by Crippen LogP contribution is -2.50. The molecule has 0 bridgehead atoms. The molecule has 94 valence electrons. The van der Waals surface area contributed by atoms with Crippen LogP contribution in [0, 0.1) is 0 Å². The molecule has 0 aromatic rings. The lowest BCUT2D eigenvalue weighted by Gasteiger charge is -2.32. The molecule has 1 saturated carbocycles. The van der Waals surface area contributed by atoms with Gasteiger partial charge in [0.05, 0.1) is 0 Å². The van der Waals surface area contributed by atoms with Crippen molar-refractivity contribution in [2.45, 2.75) is 70.5 Å². The van der Waals surface area contributed by atoms with Crippen LogP contribution in [0.5, 0.6) is 0 Å². The Labute approximate surface area is 107 Å². The highest BCUT2D eigenvalue weighted by Crippen LogP contribution is 2.18. The molecule has 1 aliphatic carbocycles. The molecule has 0 aromatic heterocycles. The molecule has 0 saturated heterocycles. The number of nitrogens with one attached hydrogen (secondary N) is 1. The van der Waals surface area contributed by atoms with E-state index < -0.39 is 0 Å². The Morgan fingerprint density at radius 1 is 1.13 bits per heavy atom. The van der Waals surface area contributed by atoms with E-state index in [0.29, 0.717) is 18.1 Å². The number of rotatable bonds is 4. The van der Waals surface area contributed by atoms with Crippen LogP contribution in [0.25, 0.3) is 0 Å². The molecule has 0 heterocycles. The van der Waals surface area contributed by atoms with Gasteiger partial charge in [-0.25, -0.2) is 0 Å². The SMILES string of the molecule is CCC(CC)N[C@@H]1CCCC[C@H]1N.Cl.Cl. The van der Waals surface area contributed by atoms with E-state index in [9.17, 15) is 0 Å². The number of nitrogens with two attached hydrogens (primary N) is 1. The van der Waals surface area contributed by atoms with Gasteiger partial charge < -0.3 is 11.1 Å². The molecular formula is C11H26Cl2N2. The van der Waals surface area contributed by atoms with Gasteiger partial charge in [-0.3, -0.25) is 0 Å². The second-order valence-corrected chi connectivity index (χ2v) is 4.23. The van der Waals surface area contributed by atoms with E-state index >= 15 is 0 Å². The second kappa shape index (κ2) is 9.71. The van der Waals surface area contributed by atoms with Gasteiger partial charge in [0.2, 0.25) is 0 Å². The van der Waals surface area contributed by atoms with Crippen LogP contribution in [0.3, 0.4) is 0 Å². The largest absolute Gasteiger partial charge is 0.326 e. The standard InChI is InChI=1S/C11H24N2.2ClH/c1-3-9(4-2)13-11-8-6-5-7-10(11)12;;/h9-11,13H,3-8,12H2,1-2H3;2*1H/t10-,11-;;/m1../s1. The number of hydrogen-bond acceptors (Lipinski definition) is 2. The van der Waals surface area contributed by atoms with E-state index in [4.69, 9.17) is 5.73 Å². The van der Waals surface area contributed by atoms with Crippen LogP contribution in [-0.2, 0) is 0 Å². The van der Waals surface area contributed by atoms with Gasteiger partial charge in [0, 0.05) is 18.1 Å². The summed E-state index contributed by atoms with van der Waals surface area (Å²) in [5.74, 6) is 0. The van der Waals surface area contributed by atoms with Crippen LogP contribution in [0.4, 0.5) is 0 Å². The zero-order chi connectivity index (χ0) is 9.68. The number of halogens is 2. The summed E-state index contributed by atoms with van der Waals surface area (Å²) in [6.45, 7) is 4.49. The first-order chi connectivity index (χ1) is 6.27. The summed E-state index contributed by atoms with van der Waals surface area (Å²) in [5, 5.41) is 3.68. The third-order valence-corrected chi connectivity index (χ3v) is 3.25. The van der Waals surface area contributed by atoms with Crippen LogP contribution in [0.2, 0.25) is 0 Å². The molecule has 15 heavy (non-hydrogen) atoms. The maximum atomic E-state index is 6.07. The van der Waals surface area contributed by atoms with Crippen molar-refractivity contribution in [1.29, 1.82) is 0 Å². The molecule has 1 rings (SSSR count). The molecule has 0 unspecified atom stereocenters. The van der Waals surface area contributed by atoms with E-state index in [1.807, 2.05) is 0 Å². The van der Waals surface area contributed by atoms with Gasteiger partial charge in [0.15, 0.2) is 0 Å². The van der Waals surface area contributed by atoms with Crippen molar-refractivity contribution in [2.75, 3.05) is 0 Å². The minimum Gasteiger partial charge on any atom is -0.326 e. The Bertz CT molecular complexity index is 141. The summed E-state index contributed by atoms with van der Waals surface area (Å²) in [5.41, 5.74) is 6.07. The molecule has 0 radical (unpaired) electrons. The predicted octanol–water partition coefficient (Wildman–Crippen LogP) is 2.88. The average Bonchev–Trinajstić information content (AvgIpc) is 2.17. The smallest absolute Gasteiger partial charge is 0.0221 e. The monoisotopic (exact) mass is 256 g/mol. The third-order valence-electron chi connectivity index (χ3n) is 3.25. The van der Waals surface area contributed by atoms with E-state index in [-0.39, 0.29) is 24.8 Å². The third kappa shape index (κ3) is 5.96. The highest BCUT2D eigenvalue weighted by atomic mass is 35.5. The van der Waals surface area contributed by atoms with Crippen LogP contribution in [0.15, 0.2) is 0 Å². The normalized spacial score (nSPS) is 25.6. The van der Waals surface area contributed by atoms with Crippen LogP contribution in [0.1, 0.15) is 52.4 Å². The van der Waals surface area contributed by atoms with Crippen LogP contribution >= 0.6 is 24.8 Å². The zero-order valence-electron chi connectivity index (χ0n) is 9.87. The maximum Gasteiger partial charge on any atom is 0.0221 e. The Morgan fingerprint density at radius 2 is 1.67 bits per heavy atom. The van der Waals surface area contributed by atoms with Crippen molar-refractivity contribution < 1.29 is 0 Å². The van der Waals surface area contributed by atoms with E-state index in [0.717, 1.165) is 0 Å². The molecule has 4 heteroatoms. The molecule has 1 fully saturated rings. The zero-order valence-corrected chi connectivity index (χ0v) is 11.5. The van der Waals surface area contributed by atoms with Crippen molar-refractivity contribution in [3.63, 3.8) is 0 Å². The Kier molecular flexibility index (Phi) is 11.6. The minimum absolute atomic E-state index is 0. The Balaban J connectivity index is 0. The first-order valence-electron chi connectivity index (χ1n) is 5.79. The summed E-state index contributed by atoms with van der Waals surface area (Å²) in [6.07, 6.45) is 7.60. The maximum absolute atomic E-state index is 6.07. The van der Waals surface area contributed by atoms with Crippen molar-refractivity contribution in [2.24, 2.45) is 5.73 Å². The molecule has 0 aliphatic heterocycles. The lowest BCUT2D eigenvalue weighted by atomic mass is 9.90. The van der Waals surface area contributed by atoms with Crippen molar-refractivity contribution in [3.8, 4) is 0 Å². The first kappa shape index (κ1) is 17.9. The molecule has 1 aliphatic rings. The molecule has 2 nitrogen and oxygen atoms in total. The minimum atomic E-state index is 0. The van der Waals surface area contributed by atoms with Gasteiger partial charge in [-0.15, -0.1) is 24.8 Å². The topological polar surface area (TPSA) is 38.0 Å². The molecule has 0 amide bonds. The van der Waals surface area contributed by atoms with Gasteiger partial charge in [-0.05, 0) is 25.7 Å². The van der Waals surface area contributed by atoms with Crippen LogP contribution in [-0.4, -0.2) is 18.1 Å². The fourth-order valence-electron chi connectivity index (χ4n) is 2.19.